The van der Waals surface area contributed by atoms with Crippen LogP contribution in [0.25, 0.3) is 0 Å². The van der Waals surface area contributed by atoms with E-state index in [4.69, 9.17) is 4.74 Å². The largest absolute Gasteiger partial charge is 0.460 e. The number of esters is 1. The fourth-order valence-corrected chi connectivity index (χ4v) is 3.24. The van der Waals surface area contributed by atoms with Crippen molar-refractivity contribution in [3.05, 3.63) is 22.4 Å². The van der Waals surface area contributed by atoms with Crippen LogP contribution in [0.3, 0.4) is 0 Å². The zero-order chi connectivity index (χ0) is 12.8. The number of hydrogen-bond acceptors (Lipinski definition) is 4. The van der Waals surface area contributed by atoms with E-state index in [-0.39, 0.29) is 11.4 Å². The second kappa shape index (κ2) is 6.34. The topological polar surface area (TPSA) is 38.3 Å². The molecular formula is C14H21NO2S. The van der Waals surface area contributed by atoms with Crippen molar-refractivity contribution in [3.8, 4) is 0 Å². The van der Waals surface area contributed by atoms with Crippen LogP contribution in [0.2, 0.25) is 0 Å². The van der Waals surface area contributed by atoms with Crippen LogP contribution < -0.4 is 5.32 Å². The Balaban J connectivity index is 1.95. The normalized spacial score (nSPS) is 18.5. The zero-order valence-corrected chi connectivity index (χ0v) is 11.7. The lowest BCUT2D eigenvalue weighted by Gasteiger charge is -2.35. The predicted octanol–water partition coefficient (Wildman–Crippen LogP) is 2.96. The van der Waals surface area contributed by atoms with Crippen LogP contribution in [-0.4, -0.2) is 19.1 Å². The van der Waals surface area contributed by atoms with Crippen LogP contribution in [0.15, 0.2) is 17.5 Å². The molecular weight excluding hydrogens is 246 g/mol. The first kappa shape index (κ1) is 13.6. The molecule has 1 aliphatic rings. The molecule has 4 heteroatoms. The van der Waals surface area contributed by atoms with Gasteiger partial charge in [-0.05, 0) is 43.8 Å². The van der Waals surface area contributed by atoms with Crippen LogP contribution in [0.5, 0.6) is 0 Å². The van der Waals surface area contributed by atoms with Gasteiger partial charge in [0.05, 0.1) is 5.41 Å². The number of carbonyl (C=O) groups is 1. The molecule has 1 N–H and O–H groups in total. The summed E-state index contributed by atoms with van der Waals surface area (Å²) in [6.07, 6.45) is 3.79. The average molecular weight is 267 g/mol. The second-order valence-corrected chi connectivity index (χ2v) is 5.97. The van der Waals surface area contributed by atoms with E-state index in [9.17, 15) is 4.79 Å². The second-order valence-electron chi connectivity index (χ2n) is 4.94. The van der Waals surface area contributed by atoms with E-state index in [1.54, 1.807) is 11.3 Å². The predicted molar refractivity (Wildman–Crippen MR) is 73.6 cm³/mol. The molecule has 1 aliphatic heterocycles. The maximum absolute atomic E-state index is 12.4. The third kappa shape index (κ3) is 3.12. The van der Waals surface area contributed by atoms with Gasteiger partial charge in [-0.15, -0.1) is 11.3 Å². The lowest BCUT2D eigenvalue weighted by molar-refractivity contribution is -0.159. The van der Waals surface area contributed by atoms with Crippen molar-refractivity contribution in [3.63, 3.8) is 0 Å². The summed E-state index contributed by atoms with van der Waals surface area (Å²) in [7, 11) is 0. The minimum atomic E-state index is -0.239. The highest BCUT2D eigenvalue weighted by atomic mass is 32.1. The standard InChI is InChI=1S/C14H21NO2S/c1-2-5-14(6-8-15-9-7-14)13(16)17-11-12-4-3-10-18-12/h3-4,10,15H,2,5-9,11H2,1H3. The minimum absolute atomic E-state index is 0.000694. The van der Waals surface area contributed by atoms with E-state index in [1.807, 2.05) is 17.5 Å². The van der Waals surface area contributed by atoms with Gasteiger partial charge in [-0.1, -0.05) is 19.4 Å². The number of nitrogens with one attached hydrogen (secondary N) is 1. The van der Waals surface area contributed by atoms with E-state index < -0.39 is 0 Å². The number of rotatable bonds is 5. The van der Waals surface area contributed by atoms with Gasteiger partial charge < -0.3 is 10.1 Å². The molecule has 0 saturated carbocycles. The molecule has 18 heavy (non-hydrogen) atoms. The highest BCUT2D eigenvalue weighted by molar-refractivity contribution is 7.09. The molecule has 0 spiro atoms. The van der Waals surface area contributed by atoms with Gasteiger partial charge in [0.15, 0.2) is 0 Å². The van der Waals surface area contributed by atoms with E-state index in [0.717, 1.165) is 43.6 Å². The molecule has 0 bridgehead atoms. The Kier molecular flexibility index (Phi) is 4.78. The van der Waals surface area contributed by atoms with Crippen LogP contribution >= 0.6 is 11.3 Å². The Hall–Kier alpha value is -0.870. The quantitative estimate of drug-likeness (QED) is 0.834. The number of ether oxygens (including phenoxy) is 1. The lowest BCUT2D eigenvalue weighted by atomic mass is 9.75. The van der Waals surface area contributed by atoms with E-state index in [1.165, 1.54) is 0 Å². The molecule has 3 nitrogen and oxygen atoms in total. The number of thiophene rings is 1. The lowest BCUT2D eigenvalue weighted by Crippen LogP contribution is -2.43. The molecule has 0 aliphatic carbocycles. The summed E-state index contributed by atoms with van der Waals surface area (Å²) < 4.78 is 5.53. The molecule has 0 radical (unpaired) electrons. The Labute approximate surface area is 113 Å². The van der Waals surface area contributed by atoms with Crippen LogP contribution in [-0.2, 0) is 16.1 Å². The van der Waals surface area contributed by atoms with Gasteiger partial charge in [0.2, 0.25) is 0 Å². The molecule has 0 aromatic carbocycles. The van der Waals surface area contributed by atoms with Crippen LogP contribution in [0.4, 0.5) is 0 Å². The number of carbonyl (C=O) groups excluding carboxylic acids is 1. The molecule has 2 rings (SSSR count). The Morgan fingerprint density at radius 2 is 2.28 bits per heavy atom. The third-order valence-corrected chi connectivity index (χ3v) is 4.50. The summed E-state index contributed by atoms with van der Waals surface area (Å²) in [6, 6.07) is 3.99. The van der Waals surface area contributed by atoms with Gasteiger partial charge in [-0.25, -0.2) is 0 Å². The highest BCUT2D eigenvalue weighted by Crippen LogP contribution is 2.35. The van der Waals surface area contributed by atoms with Gasteiger partial charge in [-0.3, -0.25) is 4.79 Å². The first-order valence-corrected chi connectivity index (χ1v) is 7.55. The molecule has 0 atom stereocenters. The summed E-state index contributed by atoms with van der Waals surface area (Å²) in [5.41, 5.74) is -0.239. The van der Waals surface area contributed by atoms with Crippen molar-refractivity contribution < 1.29 is 9.53 Å². The third-order valence-electron chi connectivity index (χ3n) is 3.65. The van der Waals surface area contributed by atoms with Gasteiger partial charge in [0.1, 0.15) is 6.61 Å². The first-order valence-electron chi connectivity index (χ1n) is 6.67. The van der Waals surface area contributed by atoms with Crippen molar-refractivity contribution in [2.75, 3.05) is 13.1 Å². The summed E-state index contributed by atoms with van der Waals surface area (Å²) in [5, 5.41) is 5.33. The maximum atomic E-state index is 12.4. The number of hydrogen-bond donors (Lipinski definition) is 1. The van der Waals surface area contributed by atoms with Crippen LogP contribution in [0.1, 0.15) is 37.5 Å². The monoisotopic (exact) mass is 267 g/mol. The maximum Gasteiger partial charge on any atom is 0.312 e. The average Bonchev–Trinajstić information content (AvgIpc) is 2.90. The SMILES string of the molecule is CCCC1(C(=O)OCc2cccs2)CCNCC1. The van der Waals surface area contributed by atoms with Crippen molar-refractivity contribution in [2.45, 2.75) is 39.2 Å². The smallest absolute Gasteiger partial charge is 0.312 e. The number of piperidine rings is 1. The van der Waals surface area contributed by atoms with Gasteiger partial charge >= 0.3 is 5.97 Å². The van der Waals surface area contributed by atoms with E-state index in [2.05, 4.69) is 12.2 Å². The van der Waals surface area contributed by atoms with E-state index >= 15 is 0 Å². The highest BCUT2D eigenvalue weighted by Gasteiger charge is 2.40. The Bertz CT molecular complexity index is 364. The molecule has 1 saturated heterocycles. The Morgan fingerprint density at radius 3 is 2.89 bits per heavy atom. The molecule has 1 aromatic heterocycles. The van der Waals surface area contributed by atoms with Crippen molar-refractivity contribution in [1.29, 1.82) is 0 Å². The van der Waals surface area contributed by atoms with Crippen molar-refractivity contribution in [1.82, 2.24) is 5.32 Å². The van der Waals surface area contributed by atoms with Gasteiger partial charge in [-0.2, -0.15) is 0 Å². The van der Waals surface area contributed by atoms with Crippen LogP contribution in [0, 0.1) is 5.41 Å². The molecule has 1 aromatic rings. The summed E-state index contributed by atoms with van der Waals surface area (Å²) in [6.45, 7) is 4.41. The minimum Gasteiger partial charge on any atom is -0.460 e. The van der Waals surface area contributed by atoms with Gasteiger partial charge in [0.25, 0.3) is 0 Å². The Morgan fingerprint density at radius 1 is 1.50 bits per heavy atom. The first-order chi connectivity index (χ1) is 8.77. The van der Waals surface area contributed by atoms with Crippen molar-refractivity contribution >= 4 is 17.3 Å². The molecule has 1 fully saturated rings. The zero-order valence-electron chi connectivity index (χ0n) is 10.9. The molecule has 2 heterocycles. The summed E-state index contributed by atoms with van der Waals surface area (Å²) in [4.78, 5) is 13.5. The molecule has 0 unspecified atom stereocenters. The summed E-state index contributed by atoms with van der Waals surface area (Å²) >= 11 is 1.63. The van der Waals surface area contributed by atoms with Gasteiger partial charge in [0, 0.05) is 4.88 Å². The van der Waals surface area contributed by atoms with E-state index in [0.29, 0.717) is 6.61 Å². The molecule has 100 valence electrons. The molecule has 0 amide bonds. The fraction of sp³-hybridized carbons (Fsp3) is 0.643. The van der Waals surface area contributed by atoms with Crippen molar-refractivity contribution in [2.24, 2.45) is 5.41 Å². The summed E-state index contributed by atoms with van der Waals surface area (Å²) in [5.74, 6) is -0.000694. The fourth-order valence-electron chi connectivity index (χ4n) is 2.62.